The summed E-state index contributed by atoms with van der Waals surface area (Å²) in [7, 11) is 0. The van der Waals surface area contributed by atoms with E-state index in [0.29, 0.717) is 10.3 Å². The number of carbonyl (C=O) groups is 1. The first-order valence-corrected chi connectivity index (χ1v) is 8.74. The van der Waals surface area contributed by atoms with Crippen molar-refractivity contribution >= 4 is 35.0 Å². The maximum atomic E-state index is 12.4. The Labute approximate surface area is 136 Å². The van der Waals surface area contributed by atoms with E-state index in [1.54, 1.807) is 11.8 Å². The predicted molar refractivity (Wildman–Crippen MR) is 91.0 cm³/mol. The van der Waals surface area contributed by atoms with Crippen molar-refractivity contribution in [1.82, 2.24) is 0 Å². The molecule has 2 atom stereocenters. The fraction of sp³-hybridized carbons (Fsp3) is 0.562. The highest BCUT2D eigenvalue weighted by Crippen LogP contribution is 2.33. The number of amides is 1. The third-order valence-electron chi connectivity index (χ3n) is 3.65. The summed E-state index contributed by atoms with van der Waals surface area (Å²) in [5, 5.41) is 4.13. The number of thioether (sulfide) groups is 1. The van der Waals surface area contributed by atoms with Crippen molar-refractivity contribution in [1.29, 1.82) is 0 Å². The molecule has 5 heteroatoms. The first kappa shape index (κ1) is 16.7. The van der Waals surface area contributed by atoms with Gasteiger partial charge in [-0.1, -0.05) is 31.9 Å². The Morgan fingerprint density at radius 3 is 2.86 bits per heavy atom. The molecule has 1 amide bonds. The molecule has 2 rings (SSSR count). The van der Waals surface area contributed by atoms with Gasteiger partial charge in [0.2, 0.25) is 5.91 Å². The minimum absolute atomic E-state index is 0.0182. The van der Waals surface area contributed by atoms with E-state index in [1.165, 1.54) is 0 Å². The molecule has 1 aliphatic carbocycles. The van der Waals surface area contributed by atoms with E-state index in [-0.39, 0.29) is 17.9 Å². The summed E-state index contributed by atoms with van der Waals surface area (Å²) in [4.78, 5) is 13.5. The van der Waals surface area contributed by atoms with Gasteiger partial charge in [-0.05, 0) is 37.5 Å². The van der Waals surface area contributed by atoms with E-state index >= 15 is 0 Å². The Morgan fingerprint density at radius 2 is 2.19 bits per heavy atom. The summed E-state index contributed by atoms with van der Waals surface area (Å²) in [6.45, 7) is 4.26. The van der Waals surface area contributed by atoms with Gasteiger partial charge in [0.05, 0.1) is 5.69 Å². The zero-order valence-electron chi connectivity index (χ0n) is 12.6. The van der Waals surface area contributed by atoms with Crippen molar-refractivity contribution in [3.63, 3.8) is 0 Å². The number of carbonyl (C=O) groups excluding carboxylic acids is 1. The molecule has 0 spiro atoms. The number of halogens is 1. The first-order chi connectivity index (χ1) is 9.95. The van der Waals surface area contributed by atoms with Gasteiger partial charge < -0.3 is 11.1 Å². The zero-order chi connectivity index (χ0) is 15.4. The zero-order valence-corrected chi connectivity index (χ0v) is 14.1. The molecule has 1 aromatic rings. The Morgan fingerprint density at radius 1 is 1.43 bits per heavy atom. The quantitative estimate of drug-likeness (QED) is 0.811. The lowest BCUT2D eigenvalue weighted by molar-refractivity contribution is -0.120. The van der Waals surface area contributed by atoms with Gasteiger partial charge in [0.25, 0.3) is 0 Å². The number of nitrogens with one attached hydrogen (secondary N) is 1. The Hall–Kier alpha value is -0.710. The number of hydrogen-bond acceptors (Lipinski definition) is 3. The average molecular weight is 327 g/mol. The number of nitrogens with two attached hydrogens (primary N) is 1. The van der Waals surface area contributed by atoms with Crippen LogP contribution < -0.4 is 11.1 Å². The molecular formula is C16H23ClN2OS. The normalized spacial score (nSPS) is 22.3. The summed E-state index contributed by atoms with van der Waals surface area (Å²) in [5.74, 6) is 0.0858. The van der Waals surface area contributed by atoms with Crippen molar-refractivity contribution < 1.29 is 4.79 Å². The molecule has 1 saturated carbocycles. The molecule has 1 aliphatic rings. The van der Waals surface area contributed by atoms with E-state index in [0.717, 1.165) is 36.3 Å². The minimum atomic E-state index is 0.0182. The van der Waals surface area contributed by atoms with Crippen molar-refractivity contribution in [3.8, 4) is 0 Å². The highest BCUT2D eigenvalue weighted by atomic mass is 35.5. The fourth-order valence-corrected chi connectivity index (χ4v) is 3.72. The highest BCUT2D eigenvalue weighted by molar-refractivity contribution is 8.00. The molecule has 0 bridgehead atoms. The van der Waals surface area contributed by atoms with Gasteiger partial charge in [-0.25, -0.2) is 0 Å². The molecule has 2 unspecified atom stereocenters. The van der Waals surface area contributed by atoms with Gasteiger partial charge in [0.15, 0.2) is 0 Å². The molecule has 21 heavy (non-hydrogen) atoms. The number of hydrogen-bond donors (Lipinski definition) is 2. The summed E-state index contributed by atoms with van der Waals surface area (Å²) < 4.78 is 0. The molecule has 0 heterocycles. The van der Waals surface area contributed by atoms with Gasteiger partial charge in [0, 0.05) is 27.1 Å². The Kier molecular flexibility index (Phi) is 5.97. The molecule has 0 saturated heterocycles. The molecule has 1 aromatic carbocycles. The summed E-state index contributed by atoms with van der Waals surface area (Å²) in [6, 6.07) is 5.80. The van der Waals surface area contributed by atoms with E-state index in [9.17, 15) is 4.79 Å². The molecule has 0 radical (unpaired) electrons. The van der Waals surface area contributed by atoms with Crippen LogP contribution in [0.15, 0.2) is 23.1 Å². The third kappa shape index (κ3) is 4.90. The van der Waals surface area contributed by atoms with Crippen LogP contribution in [0.4, 0.5) is 5.69 Å². The van der Waals surface area contributed by atoms with Crippen LogP contribution in [-0.4, -0.2) is 17.2 Å². The van der Waals surface area contributed by atoms with Crippen molar-refractivity contribution in [3.05, 3.63) is 23.2 Å². The van der Waals surface area contributed by atoms with Crippen LogP contribution in [0, 0.1) is 5.92 Å². The Balaban J connectivity index is 2.10. The topological polar surface area (TPSA) is 55.1 Å². The van der Waals surface area contributed by atoms with Crippen LogP contribution in [0.2, 0.25) is 5.02 Å². The SMILES string of the molecule is CC(C)Sc1ccc(Cl)cc1NC(=O)C1CCCC(N)C1. The number of anilines is 1. The van der Waals surface area contributed by atoms with Gasteiger partial charge in [-0.3, -0.25) is 4.79 Å². The van der Waals surface area contributed by atoms with Crippen LogP contribution >= 0.6 is 23.4 Å². The van der Waals surface area contributed by atoms with E-state index in [1.807, 2.05) is 18.2 Å². The largest absolute Gasteiger partial charge is 0.328 e. The lowest BCUT2D eigenvalue weighted by atomic mass is 9.85. The molecule has 3 N–H and O–H groups in total. The van der Waals surface area contributed by atoms with Gasteiger partial charge in [0.1, 0.15) is 0 Å². The molecule has 1 fully saturated rings. The minimum Gasteiger partial charge on any atom is -0.328 e. The first-order valence-electron chi connectivity index (χ1n) is 7.48. The van der Waals surface area contributed by atoms with Crippen LogP contribution in [-0.2, 0) is 4.79 Å². The van der Waals surface area contributed by atoms with Crippen molar-refractivity contribution in [2.75, 3.05) is 5.32 Å². The maximum Gasteiger partial charge on any atom is 0.227 e. The van der Waals surface area contributed by atoms with Crippen LogP contribution in [0.3, 0.4) is 0 Å². The fourth-order valence-electron chi connectivity index (χ4n) is 2.66. The Bertz CT molecular complexity index is 507. The lowest BCUT2D eigenvalue weighted by Gasteiger charge is -2.26. The summed E-state index contributed by atoms with van der Waals surface area (Å²) in [6.07, 6.45) is 3.75. The highest BCUT2D eigenvalue weighted by Gasteiger charge is 2.25. The van der Waals surface area contributed by atoms with Gasteiger partial charge in [-0.2, -0.15) is 0 Å². The third-order valence-corrected chi connectivity index (χ3v) is 4.96. The second-order valence-electron chi connectivity index (χ2n) is 5.92. The van der Waals surface area contributed by atoms with Crippen LogP contribution in [0.5, 0.6) is 0 Å². The van der Waals surface area contributed by atoms with Gasteiger partial charge >= 0.3 is 0 Å². The summed E-state index contributed by atoms with van der Waals surface area (Å²) in [5.41, 5.74) is 6.78. The monoisotopic (exact) mass is 326 g/mol. The van der Waals surface area contributed by atoms with E-state index < -0.39 is 0 Å². The molecule has 3 nitrogen and oxygen atoms in total. The smallest absolute Gasteiger partial charge is 0.227 e. The van der Waals surface area contributed by atoms with E-state index in [2.05, 4.69) is 19.2 Å². The predicted octanol–water partition coefficient (Wildman–Crippen LogP) is 4.30. The maximum absolute atomic E-state index is 12.4. The van der Waals surface area contributed by atoms with Crippen molar-refractivity contribution in [2.45, 2.75) is 55.7 Å². The number of rotatable bonds is 4. The molecule has 116 valence electrons. The molecular weight excluding hydrogens is 304 g/mol. The lowest BCUT2D eigenvalue weighted by Crippen LogP contribution is -2.34. The average Bonchev–Trinajstić information content (AvgIpc) is 2.41. The van der Waals surface area contributed by atoms with Gasteiger partial charge in [-0.15, -0.1) is 11.8 Å². The van der Waals surface area contributed by atoms with Crippen molar-refractivity contribution in [2.24, 2.45) is 11.7 Å². The second-order valence-corrected chi connectivity index (χ2v) is 7.97. The molecule has 0 aromatic heterocycles. The van der Waals surface area contributed by atoms with Crippen LogP contribution in [0.1, 0.15) is 39.5 Å². The second kappa shape index (κ2) is 7.52. The number of benzene rings is 1. The van der Waals surface area contributed by atoms with E-state index in [4.69, 9.17) is 17.3 Å². The standard InChI is InChI=1S/C16H23ClN2OS/c1-10(2)21-15-7-6-12(17)9-14(15)19-16(20)11-4-3-5-13(18)8-11/h6-7,9-11,13H,3-5,8,18H2,1-2H3,(H,19,20). The summed E-state index contributed by atoms with van der Waals surface area (Å²) >= 11 is 7.79. The molecule has 0 aliphatic heterocycles. The van der Waals surface area contributed by atoms with Crippen LogP contribution in [0.25, 0.3) is 0 Å².